The van der Waals surface area contributed by atoms with Crippen LogP contribution in [0.4, 0.5) is 5.69 Å². The molecular formula is C12H12N2. The molecule has 1 aliphatic heterocycles. The van der Waals surface area contributed by atoms with Crippen molar-refractivity contribution >= 4 is 24.6 Å². The van der Waals surface area contributed by atoms with Gasteiger partial charge < -0.3 is 4.98 Å². The molecule has 2 nitrogen and oxygen atoms in total. The number of nitrogens with zero attached hydrogens (tertiary/aromatic N) is 1. The van der Waals surface area contributed by atoms with Gasteiger partial charge in [0, 0.05) is 23.0 Å². The number of aromatic nitrogens is 1. The third-order valence-electron chi connectivity index (χ3n) is 2.28. The molecule has 1 N–H and O–H groups in total. The Labute approximate surface area is 82.7 Å². The number of fused-ring (bicyclic) bond motifs is 1. The van der Waals surface area contributed by atoms with Crippen molar-refractivity contribution in [2.45, 2.75) is 6.92 Å². The summed E-state index contributed by atoms with van der Waals surface area (Å²) in [6.07, 6.45) is 5.69. The number of hydrogen-bond acceptors (Lipinski definition) is 1. The van der Waals surface area contributed by atoms with Crippen molar-refractivity contribution in [1.29, 1.82) is 0 Å². The van der Waals surface area contributed by atoms with Crippen LogP contribution in [0.2, 0.25) is 0 Å². The van der Waals surface area contributed by atoms with Crippen LogP contribution in [0, 0.1) is 6.92 Å². The molecular weight excluding hydrogens is 172 g/mol. The first-order valence-corrected chi connectivity index (χ1v) is 4.53. The molecule has 0 unspecified atom stereocenters. The van der Waals surface area contributed by atoms with E-state index in [9.17, 15) is 0 Å². The highest BCUT2D eigenvalue weighted by Gasteiger charge is 1.98. The van der Waals surface area contributed by atoms with E-state index in [0.29, 0.717) is 0 Å². The number of nitrogens with one attached hydrogen (secondary N) is 1. The molecule has 0 saturated carbocycles. The van der Waals surface area contributed by atoms with Crippen LogP contribution in [-0.2, 0) is 0 Å². The van der Waals surface area contributed by atoms with Crippen molar-refractivity contribution in [2.75, 3.05) is 0 Å². The van der Waals surface area contributed by atoms with Crippen LogP contribution in [0.1, 0.15) is 5.56 Å². The van der Waals surface area contributed by atoms with Crippen LogP contribution in [0.3, 0.4) is 0 Å². The van der Waals surface area contributed by atoms with Gasteiger partial charge in [0.15, 0.2) is 0 Å². The molecule has 0 amide bonds. The first kappa shape index (κ1) is 8.75. The van der Waals surface area contributed by atoms with Crippen molar-refractivity contribution in [1.82, 2.24) is 4.98 Å². The summed E-state index contributed by atoms with van der Waals surface area (Å²) in [4.78, 5) is 7.42. The van der Waals surface area contributed by atoms with E-state index >= 15 is 0 Å². The summed E-state index contributed by atoms with van der Waals surface area (Å²) < 4.78 is 0. The summed E-state index contributed by atoms with van der Waals surface area (Å²) in [5, 5.41) is 2.03. The van der Waals surface area contributed by atoms with Gasteiger partial charge in [-0.2, -0.15) is 0 Å². The summed E-state index contributed by atoms with van der Waals surface area (Å²) in [6.45, 7) is 5.97. The van der Waals surface area contributed by atoms with Gasteiger partial charge in [-0.1, -0.05) is 18.7 Å². The molecule has 0 saturated heterocycles. The highest BCUT2D eigenvalue weighted by molar-refractivity contribution is 5.97. The molecule has 1 aliphatic rings. The van der Waals surface area contributed by atoms with Gasteiger partial charge in [0.2, 0.25) is 0 Å². The molecule has 2 heterocycles. The Morgan fingerprint density at radius 1 is 1.36 bits per heavy atom. The molecule has 0 atom stereocenters. The minimum Gasteiger partial charge on any atom is -0.362 e. The van der Waals surface area contributed by atoms with Crippen molar-refractivity contribution in [3.05, 3.63) is 40.5 Å². The molecule has 0 radical (unpaired) electrons. The second-order valence-electron chi connectivity index (χ2n) is 3.21. The SMILES string of the molecule is C=c1[nH]ccccc2c(c1C)N=CC=2. The Hall–Kier alpha value is -1.83. The van der Waals surface area contributed by atoms with Crippen LogP contribution < -0.4 is 10.6 Å². The lowest BCUT2D eigenvalue weighted by Crippen LogP contribution is -2.07. The summed E-state index contributed by atoms with van der Waals surface area (Å²) in [5.41, 5.74) is 2.09. The number of rotatable bonds is 0. The largest absolute Gasteiger partial charge is 0.362 e. The van der Waals surface area contributed by atoms with Crippen LogP contribution in [-0.4, -0.2) is 11.2 Å². The fourth-order valence-electron chi connectivity index (χ4n) is 1.41. The Morgan fingerprint density at radius 2 is 2.21 bits per heavy atom. The first-order valence-electron chi connectivity index (χ1n) is 4.53. The maximum Gasteiger partial charge on any atom is 0.0752 e. The van der Waals surface area contributed by atoms with E-state index in [2.05, 4.69) is 16.6 Å². The number of aliphatic imine (C=N–C) groups is 1. The zero-order valence-corrected chi connectivity index (χ0v) is 8.12. The van der Waals surface area contributed by atoms with E-state index in [-0.39, 0.29) is 0 Å². The predicted molar refractivity (Wildman–Crippen MR) is 60.5 cm³/mol. The second-order valence-corrected chi connectivity index (χ2v) is 3.21. The smallest absolute Gasteiger partial charge is 0.0752 e. The van der Waals surface area contributed by atoms with E-state index in [4.69, 9.17) is 0 Å². The molecule has 0 fully saturated rings. The first-order chi connectivity index (χ1) is 6.79. The van der Waals surface area contributed by atoms with E-state index < -0.39 is 0 Å². The lowest BCUT2D eigenvalue weighted by Gasteiger charge is -1.92. The maximum atomic E-state index is 4.31. The van der Waals surface area contributed by atoms with Crippen LogP contribution in [0.15, 0.2) is 29.4 Å². The van der Waals surface area contributed by atoms with Gasteiger partial charge in [-0.05, 0) is 24.6 Å². The predicted octanol–water partition coefficient (Wildman–Crippen LogP) is 1.35. The quantitative estimate of drug-likeness (QED) is 0.630. The van der Waals surface area contributed by atoms with E-state index in [1.807, 2.05) is 43.6 Å². The Bertz CT molecular complexity index is 534. The van der Waals surface area contributed by atoms with Crippen molar-refractivity contribution < 1.29 is 0 Å². The Kier molecular flexibility index (Phi) is 2.19. The highest BCUT2D eigenvalue weighted by Crippen LogP contribution is 2.08. The van der Waals surface area contributed by atoms with Crippen LogP contribution in [0.25, 0.3) is 12.7 Å². The number of aromatic amines is 1. The van der Waals surface area contributed by atoms with Crippen molar-refractivity contribution in [3.63, 3.8) is 0 Å². The summed E-state index contributed by atoms with van der Waals surface area (Å²) in [5.74, 6) is 0. The zero-order chi connectivity index (χ0) is 9.97. The lowest BCUT2D eigenvalue weighted by atomic mass is 10.2. The zero-order valence-electron chi connectivity index (χ0n) is 8.12. The summed E-state index contributed by atoms with van der Waals surface area (Å²) in [7, 11) is 0. The maximum absolute atomic E-state index is 4.31. The number of H-pyrrole nitrogens is 1. The molecule has 0 spiro atoms. The van der Waals surface area contributed by atoms with E-state index in [0.717, 1.165) is 21.8 Å². The van der Waals surface area contributed by atoms with E-state index in [1.54, 1.807) is 0 Å². The molecule has 0 bridgehead atoms. The molecule has 2 rings (SSSR count). The highest BCUT2D eigenvalue weighted by atomic mass is 14.7. The average Bonchev–Trinajstić information content (AvgIpc) is 2.63. The molecule has 0 aliphatic carbocycles. The van der Waals surface area contributed by atoms with Crippen LogP contribution in [0.5, 0.6) is 0 Å². The van der Waals surface area contributed by atoms with Crippen LogP contribution >= 0.6 is 0 Å². The van der Waals surface area contributed by atoms with Crippen molar-refractivity contribution in [2.24, 2.45) is 4.99 Å². The molecule has 1 aromatic heterocycles. The molecule has 2 heteroatoms. The molecule has 70 valence electrons. The van der Waals surface area contributed by atoms with E-state index in [1.165, 1.54) is 0 Å². The molecule has 1 aromatic rings. The third kappa shape index (κ3) is 1.46. The van der Waals surface area contributed by atoms with Gasteiger partial charge >= 0.3 is 0 Å². The minimum absolute atomic E-state index is 0.893. The van der Waals surface area contributed by atoms with Gasteiger partial charge in [0.25, 0.3) is 0 Å². The van der Waals surface area contributed by atoms with Crippen molar-refractivity contribution in [3.8, 4) is 0 Å². The fraction of sp³-hybridized carbons (Fsp3) is 0.0833. The lowest BCUT2D eigenvalue weighted by molar-refractivity contribution is 1.22. The van der Waals surface area contributed by atoms with Gasteiger partial charge in [-0.15, -0.1) is 0 Å². The van der Waals surface area contributed by atoms with Gasteiger partial charge in [0.05, 0.1) is 5.69 Å². The Balaban J connectivity index is 2.96. The minimum atomic E-state index is 0.893. The summed E-state index contributed by atoms with van der Waals surface area (Å²) >= 11 is 0. The fourth-order valence-corrected chi connectivity index (χ4v) is 1.41. The normalized spacial score (nSPS) is 11.8. The Morgan fingerprint density at radius 3 is 3.07 bits per heavy atom. The number of hydrogen-bond donors (Lipinski definition) is 1. The summed E-state index contributed by atoms with van der Waals surface area (Å²) in [6, 6.07) is 5.97. The third-order valence-corrected chi connectivity index (χ3v) is 2.28. The van der Waals surface area contributed by atoms with Gasteiger partial charge in [0.1, 0.15) is 0 Å². The topological polar surface area (TPSA) is 28.1 Å². The molecule has 0 aromatic carbocycles. The monoisotopic (exact) mass is 184 g/mol. The van der Waals surface area contributed by atoms with Gasteiger partial charge in [-0.3, -0.25) is 4.99 Å². The molecule has 14 heavy (non-hydrogen) atoms. The van der Waals surface area contributed by atoms with Gasteiger partial charge in [-0.25, -0.2) is 0 Å². The standard InChI is InChI=1S/C12H12N2/c1-9-10(2)13-7-4-3-5-11-6-8-14-12(9)11/h3-8,13H,2H2,1H3. The second kappa shape index (κ2) is 3.50. The average molecular weight is 184 g/mol.